The minimum absolute atomic E-state index is 0.0899. The summed E-state index contributed by atoms with van der Waals surface area (Å²) in [5.74, 6) is -1.13. The predicted octanol–water partition coefficient (Wildman–Crippen LogP) is 3.71. The Kier molecular flexibility index (Phi) is 4.04. The van der Waals surface area contributed by atoms with Crippen molar-refractivity contribution in [2.24, 2.45) is 0 Å². The minimum atomic E-state index is -4.63. The summed E-state index contributed by atoms with van der Waals surface area (Å²) >= 11 is 5.48. The van der Waals surface area contributed by atoms with Gasteiger partial charge < -0.3 is 10.4 Å². The van der Waals surface area contributed by atoms with Crippen molar-refractivity contribution in [1.29, 1.82) is 0 Å². The second-order valence-electron chi connectivity index (χ2n) is 4.04. The highest BCUT2D eigenvalue weighted by atomic mass is 35.5. The summed E-state index contributed by atoms with van der Waals surface area (Å²) in [5, 5.41) is 11.3. The van der Waals surface area contributed by atoms with E-state index in [4.69, 9.17) is 11.6 Å². The molecule has 0 aliphatic rings. The van der Waals surface area contributed by atoms with E-state index >= 15 is 0 Å². The van der Waals surface area contributed by atoms with Crippen LogP contribution in [0.3, 0.4) is 0 Å². The Bertz CT molecular complexity index is 689. The Morgan fingerprint density at radius 1 is 1.29 bits per heavy atom. The van der Waals surface area contributed by atoms with Crippen molar-refractivity contribution >= 4 is 23.2 Å². The molecule has 2 aromatic rings. The fourth-order valence-corrected chi connectivity index (χ4v) is 1.82. The Balaban J connectivity index is 2.29. The van der Waals surface area contributed by atoms with E-state index < -0.39 is 22.7 Å². The lowest BCUT2D eigenvalue weighted by atomic mass is 10.1. The number of hydrogen-bond acceptors (Lipinski definition) is 3. The van der Waals surface area contributed by atoms with Crippen molar-refractivity contribution in [3.05, 3.63) is 52.8 Å². The normalized spacial score (nSPS) is 11.2. The van der Waals surface area contributed by atoms with Gasteiger partial charge in [0.15, 0.2) is 0 Å². The number of pyridine rings is 1. The van der Waals surface area contributed by atoms with Gasteiger partial charge in [0, 0.05) is 11.9 Å². The van der Waals surface area contributed by atoms with Gasteiger partial charge in [-0.3, -0.25) is 9.78 Å². The molecule has 0 unspecified atom stereocenters. The molecule has 1 aromatic carbocycles. The molecule has 1 heterocycles. The highest BCUT2D eigenvalue weighted by Crippen LogP contribution is 2.36. The van der Waals surface area contributed by atoms with Crippen LogP contribution in [0.4, 0.5) is 18.9 Å². The summed E-state index contributed by atoms with van der Waals surface area (Å²) in [6.45, 7) is 0. The van der Waals surface area contributed by atoms with Gasteiger partial charge in [0.05, 0.1) is 22.3 Å². The van der Waals surface area contributed by atoms with Crippen LogP contribution in [0.15, 0.2) is 36.7 Å². The Hall–Kier alpha value is -2.28. The molecule has 0 saturated heterocycles. The fraction of sp³-hybridized carbons (Fsp3) is 0.0769. The minimum Gasteiger partial charge on any atom is -0.505 e. The second kappa shape index (κ2) is 5.61. The maximum absolute atomic E-state index is 12.7. The van der Waals surface area contributed by atoms with E-state index in [9.17, 15) is 23.1 Å². The zero-order valence-corrected chi connectivity index (χ0v) is 11.0. The topological polar surface area (TPSA) is 62.2 Å². The number of halogens is 4. The molecule has 0 saturated carbocycles. The van der Waals surface area contributed by atoms with Crippen LogP contribution in [0.25, 0.3) is 0 Å². The number of rotatable bonds is 2. The molecule has 1 aromatic heterocycles. The van der Waals surface area contributed by atoms with E-state index in [1.165, 1.54) is 18.3 Å². The summed E-state index contributed by atoms with van der Waals surface area (Å²) in [5.41, 5.74) is -1.25. The van der Waals surface area contributed by atoms with Crippen LogP contribution >= 0.6 is 11.6 Å². The van der Waals surface area contributed by atoms with Crippen LogP contribution in [0.2, 0.25) is 5.02 Å². The number of nitrogens with one attached hydrogen (secondary N) is 1. The first-order chi connectivity index (χ1) is 9.79. The quantitative estimate of drug-likeness (QED) is 0.887. The van der Waals surface area contributed by atoms with Crippen LogP contribution in [0, 0.1) is 0 Å². The van der Waals surface area contributed by atoms with E-state index in [0.717, 1.165) is 18.3 Å². The maximum atomic E-state index is 12.7. The number of benzene rings is 1. The van der Waals surface area contributed by atoms with Crippen molar-refractivity contribution in [2.45, 2.75) is 6.18 Å². The number of aromatic nitrogens is 1. The van der Waals surface area contributed by atoms with Gasteiger partial charge in [-0.25, -0.2) is 0 Å². The van der Waals surface area contributed by atoms with Crippen LogP contribution in [-0.2, 0) is 6.18 Å². The number of anilines is 1. The molecule has 2 rings (SSSR count). The molecular weight excluding hydrogens is 309 g/mol. The lowest BCUT2D eigenvalue weighted by Crippen LogP contribution is -2.13. The summed E-state index contributed by atoms with van der Waals surface area (Å²) in [7, 11) is 0. The highest BCUT2D eigenvalue weighted by Gasteiger charge is 2.33. The Morgan fingerprint density at radius 3 is 2.62 bits per heavy atom. The largest absolute Gasteiger partial charge is 0.505 e. The molecule has 4 nitrogen and oxygen atoms in total. The zero-order chi connectivity index (χ0) is 15.6. The fourth-order valence-electron chi connectivity index (χ4n) is 1.60. The third-order valence-corrected chi connectivity index (χ3v) is 2.90. The predicted molar refractivity (Wildman–Crippen MR) is 70.3 cm³/mol. The summed E-state index contributed by atoms with van der Waals surface area (Å²) in [4.78, 5) is 15.5. The first-order valence-corrected chi connectivity index (χ1v) is 5.98. The number of carbonyl (C=O) groups is 1. The molecule has 0 atom stereocenters. The van der Waals surface area contributed by atoms with Crippen LogP contribution in [0.1, 0.15) is 15.9 Å². The van der Waals surface area contributed by atoms with Gasteiger partial charge in [0.2, 0.25) is 0 Å². The molecule has 0 spiro atoms. The molecule has 0 fully saturated rings. The number of aromatic hydroxyl groups is 1. The van der Waals surface area contributed by atoms with Crippen LogP contribution in [-0.4, -0.2) is 16.0 Å². The Labute approximate surface area is 122 Å². The molecule has 0 radical (unpaired) electrons. The van der Waals surface area contributed by atoms with E-state index in [-0.39, 0.29) is 17.0 Å². The molecule has 8 heteroatoms. The number of carbonyl (C=O) groups excluding carboxylic acids is 1. The molecule has 0 aliphatic carbocycles. The van der Waals surface area contributed by atoms with Gasteiger partial charge in [-0.15, -0.1) is 0 Å². The summed E-state index contributed by atoms with van der Waals surface area (Å²) < 4.78 is 38.1. The molecule has 110 valence electrons. The first kappa shape index (κ1) is 15.1. The standard InChI is InChI=1S/C13H8ClF3N2O2/c14-10-2-1-7(5-9(10)13(15,16)17)19-12(21)8-3-4-18-6-11(8)20/h1-6,20H,(H,19,21). The van der Waals surface area contributed by atoms with Crippen LogP contribution in [0.5, 0.6) is 5.75 Å². The van der Waals surface area contributed by atoms with Gasteiger partial charge in [0.25, 0.3) is 5.91 Å². The lowest BCUT2D eigenvalue weighted by Gasteiger charge is -2.12. The van der Waals surface area contributed by atoms with Crippen molar-refractivity contribution in [1.82, 2.24) is 4.98 Å². The van der Waals surface area contributed by atoms with Gasteiger partial charge in [-0.2, -0.15) is 13.2 Å². The zero-order valence-electron chi connectivity index (χ0n) is 10.3. The molecule has 1 amide bonds. The van der Waals surface area contributed by atoms with E-state index in [0.29, 0.717) is 0 Å². The van der Waals surface area contributed by atoms with Gasteiger partial charge in [-0.05, 0) is 24.3 Å². The number of hydrogen-bond donors (Lipinski definition) is 2. The summed E-state index contributed by atoms with van der Waals surface area (Å²) in [6.07, 6.45) is -2.30. The smallest absolute Gasteiger partial charge is 0.417 e. The summed E-state index contributed by atoms with van der Waals surface area (Å²) in [6, 6.07) is 4.23. The van der Waals surface area contributed by atoms with Gasteiger partial charge >= 0.3 is 6.18 Å². The number of amides is 1. The molecule has 21 heavy (non-hydrogen) atoms. The van der Waals surface area contributed by atoms with E-state index in [1.807, 2.05) is 0 Å². The SMILES string of the molecule is O=C(Nc1ccc(Cl)c(C(F)(F)F)c1)c1ccncc1O. The highest BCUT2D eigenvalue weighted by molar-refractivity contribution is 6.31. The van der Waals surface area contributed by atoms with Crippen molar-refractivity contribution in [3.8, 4) is 5.75 Å². The van der Waals surface area contributed by atoms with Crippen LogP contribution < -0.4 is 5.32 Å². The monoisotopic (exact) mass is 316 g/mol. The number of nitrogens with zero attached hydrogens (tertiary/aromatic N) is 1. The molecule has 0 bridgehead atoms. The third-order valence-electron chi connectivity index (χ3n) is 2.57. The molecular formula is C13H8ClF3N2O2. The van der Waals surface area contributed by atoms with E-state index in [2.05, 4.69) is 10.3 Å². The second-order valence-corrected chi connectivity index (χ2v) is 4.45. The Morgan fingerprint density at radius 2 is 2.00 bits per heavy atom. The van der Waals surface area contributed by atoms with Crippen molar-refractivity contribution in [2.75, 3.05) is 5.32 Å². The average molecular weight is 317 g/mol. The van der Waals surface area contributed by atoms with Crippen molar-refractivity contribution < 1.29 is 23.1 Å². The average Bonchev–Trinajstić information content (AvgIpc) is 2.40. The maximum Gasteiger partial charge on any atom is 0.417 e. The van der Waals surface area contributed by atoms with Gasteiger partial charge in [0.1, 0.15) is 5.75 Å². The number of alkyl halides is 3. The first-order valence-electron chi connectivity index (χ1n) is 5.60. The van der Waals surface area contributed by atoms with Crippen molar-refractivity contribution in [3.63, 3.8) is 0 Å². The lowest BCUT2D eigenvalue weighted by molar-refractivity contribution is -0.137. The molecule has 2 N–H and O–H groups in total. The molecule has 0 aliphatic heterocycles. The van der Waals surface area contributed by atoms with Gasteiger partial charge in [-0.1, -0.05) is 11.6 Å². The van der Waals surface area contributed by atoms with E-state index in [1.54, 1.807) is 0 Å². The third kappa shape index (κ3) is 3.43.